The van der Waals surface area contributed by atoms with Gasteiger partial charge in [-0.1, -0.05) is 51.3 Å². The maximum Gasteiger partial charge on any atom is 0.357 e. The fourth-order valence-electron chi connectivity index (χ4n) is 5.07. The molecule has 2 aromatic heterocycles. The van der Waals surface area contributed by atoms with Gasteiger partial charge in [0.1, 0.15) is 17.1 Å². The zero-order valence-electron chi connectivity index (χ0n) is 28.0. The molecule has 1 fully saturated rings. The maximum atomic E-state index is 13.6. The van der Waals surface area contributed by atoms with Crippen LogP contribution in [0.25, 0.3) is 0 Å². The molecule has 3 N–H and O–H groups in total. The molecule has 1 saturated heterocycles. The van der Waals surface area contributed by atoms with Gasteiger partial charge in [0.2, 0.25) is 17.9 Å². The molecule has 0 aromatic carbocycles. The molecular formula is C29H45Cl2N9O6S3. The summed E-state index contributed by atoms with van der Waals surface area (Å²) in [5.74, 6) is -1.52. The van der Waals surface area contributed by atoms with E-state index in [0.717, 1.165) is 32.2 Å². The first-order chi connectivity index (χ1) is 22.6. The Morgan fingerprint density at radius 2 is 1.88 bits per heavy atom. The van der Waals surface area contributed by atoms with E-state index in [9.17, 15) is 19.2 Å². The van der Waals surface area contributed by atoms with Gasteiger partial charge in [-0.05, 0) is 42.9 Å². The SMILES string of the molecule is CCCCC(CCCC)C(=O)OCOC(=O)C1=C(CSc2nnnn2CCN(C)C)CS[C@H]2[C@H](NC(=O)Cc3csc(N)n3)C(=O)N12.Cl.Cl. The Bertz CT molecular complexity index is 1440. The number of thiazole rings is 1. The van der Waals surface area contributed by atoms with E-state index < -0.39 is 36.1 Å². The number of β-lactam (4-membered cyclic amide) rings is 1. The summed E-state index contributed by atoms with van der Waals surface area (Å²) in [7, 11) is 3.91. The molecule has 2 aliphatic rings. The Kier molecular flexibility index (Phi) is 18.1. The number of thioether (sulfide) groups is 2. The molecule has 15 nitrogen and oxygen atoms in total. The third-order valence-electron chi connectivity index (χ3n) is 7.64. The van der Waals surface area contributed by atoms with Gasteiger partial charge in [-0.25, -0.2) is 14.5 Å². The van der Waals surface area contributed by atoms with Crippen molar-refractivity contribution >= 4 is 88.6 Å². The minimum Gasteiger partial charge on any atom is -0.428 e. The topological polar surface area (TPSA) is 188 Å². The predicted molar refractivity (Wildman–Crippen MR) is 193 cm³/mol. The van der Waals surface area contributed by atoms with Crippen LogP contribution in [0.15, 0.2) is 21.8 Å². The van der Waals surface area contributed by atoms with Crippen molar-refractivity contribution in [1.82, 2.24) is 40.3 Å². The molecule has 0 saturated carbocycles. The number of rotatable bonds is 19. The second kappa shape index (κ2) is 20.9. The fourth-order valence-corrected chi connectivity index (χ4v) is 8.02. The number of nitrogens with one attached hydrogen (secondary N) is 1. The molecular weight excluding hydrogens is 737 g/mol. The highest BCUT2D eigenvalue weighted by Crippen LogP contribution is 2.42. The van der Waals surface area contributed by atoms with Crippen LogP contribution < -0.4 is 11.1 Å². The number of nitrogens with two attached hydrogens (primary N) is 1. The average molecular weight is 783 g/mol. The summed E-state index contributed by atoms with van der Waals surface area (Å²) in [4.78, 5) is 60.1. The Labute approximate surface area is 311 Å². The molecule has 2 aromatic rings. The molecule has 274 valence electrons. The summed E-state index contributed by atoms with van der Waals surface area (Å²) in [6.45, 7) is 4.89. The number of aromatic nitrogens is 5. The lowest BCUT2D eigenvalue weighted by Crippen LogP contribution is -2.70. The number of carbonyl (C=O) groups excluding carboxylic acids is 4. The molecule has 2 aliphatic heterocycles. The zero-order chi connectivity index (χ0) is 33.9. The van der Waals surface area contributed by atoms with E-state index in [1.807, 2.05) is 19.0 Å². The lowest BCUT2D eigenvalue weighted by atomic mass is 9.96. The van der Waals surface area contributed by atoms with E-state index in [1.165, 1.54) is 39.8 Å². The third-order valence-corrected chi connectivity index (χ3v) is 10.7. The summed E-state index contributed by atoms with van der Waals surface area (Å²) in [6, 6.07) is -0.825. The second-order valence-electron chi connectivity index (χ2n) is 11.5. The Hall–Kier alpha value is -2.64. The molecule has 4 heterocycles. The predicted octanol–water partition coefficient (Wildman–Crippen LogP) is 3.15. The summed E-state index contributed by atoms with van der Waals surface area (Å²) in [6.07, 6.45) is 5.15. The van der Waals surface area contributed by atoms with Crippen molar-refractivity contribution in [3.8, 4) is 0 Å². The van der Waals surface area contributed by atoms with Crippen molar-refractivity contribution in [3.05, 3.63) is 22.3 Å². The number of nitrogens with zero attached hydrogens (tertiary/aromatic N) is 7. The number of tetrazole rings is 1. The second-order valence-corrected chi connectivity index (χ2v) is 14.5. The molecule has 20 heteroatoms. The van der Waals surface area contributed by atoms with Gasteiger partial charge in [0.05, 0.1) is 24.6 Å². The number of esters is 2. The van der Waals surface area contributed by atoms with Gasteiger partial charge in [-0.3, -0.25) is 19.3 Å². The average Bonchev–Trinajstić information content (AvgIpc) is 3.68. The number of anilines is 1. The Morgan fingerprint density at radius 1 is 1.16 bits per heavy atom. The number of ether oxygens (including phenoxy) is 2. The van der Waals surface area contributed by atoms with Crippen LogP contribution in [0.2, 0.25) is 0 Å². The highest BCUT2D eigenvalue weighted by atomic mass is 35.5. The number of hydrogen-bond acceptors (Lipinski definition) is 15. The molecule has 2 atom stereocenters. The number of carbonyl (C=O) groups is 4. The van der Waals surface area contributed by atoms with Crippen LogP contribution in [0.1, 0.15) is 58.1 Å². The summed E-state index contributed by atoms with van der Waals surface area (Å²) in [5, 5.41) is 16.9. The molecule has 0 unspecified atom stereocenters. The first-order valence-corrected chi connectivity index (χ1v) is 18.6. The molecule has 4 rings (SSSR count). The molecule has 49 heavy (non-hydrogen) atoms. The number of halogens is 2. The van der Waals surface area contributed by atoms with Crippen molar-refractivity contribution < 1.29 is 28.7 Å². The number of likely N-dealkylation sites (N-methyl/N-ethyl adjacent to an activating group) is 1. The van der Waals surface area contributed by atoms with Crippen LogP contribution in [-0.2, 0) is 41.6 Å². The minimum absolute atomic E-state index is 0. The van der Waals surface area contributed by atoms with Crippen LogP contribution in [-0.4, -0.2) is 109 Å². The van der Waals surface area contributed by atoms with Crippen LogP contribution in [0, 0.1) is 5.92 Å². The Morgan fingerprint density at radius 3 is 2.51 bits per heavy atom. The van der Waals surface area contributed by atoms with Gasteiger partial charge in [-0.2, -0.15) is 0 Å². The summed E-state index contributed by atoms with van der Waals surface area (Å²) < 4.78 is 12.5. The van der Waals surface area contributed by atoms with Crippen molar-refractivity contribution in [1.29, 1.82) is 0 Å². The van der Waals surface area contributed by atoms with Crippen LogP contribution in [0.5, 0.6) is 0 Å². The van der Waals surface area contributed by atoms with Gasteiger partial charge >= 0.3 is 11.9 Å². The van der Waals surface area contributed by atoms with E-state index in [2.05, 4.69) is 39.7 Å². The van der Waals surface area contributed by atoms with Gasteiger partial charge < -0.3 is 25.4 Å². The van der Waals surface area contributed by atoms with Crippen molar-refractivity contribution in [3.63, 3.8) is 0 Å². The molecule has 0 spiro atoms. The molecule has 0 bridgehead atoms. The van der Waals surface area contributed by atoms with Crippen molar-refractivity contribution in [2.75, 3.05) is 44.7 Å². The van der Waals surface area contributed by atoms with E-state index in [4.69, 9.17) is 15.2 Å². The number of unbranched alkanes of at least 4 members (excludes halogenated alkanes) is 2. The molecule has 0 radical (unpaired) electrons. The van der Waals surface area contributed by atoms with E-state index in [-0.39, 0.29) is 48.8 Å². The first-order valence-electron chi connectivity index (χ1n) is 15.7. The number of amides is 2. The fraction of sp³-hybridized carbons (Fsp3) is 0.655. The zero-order valence-corrected chi connectivity index (χ0v) is 32.1. The van der Waals surface area contributed by atoms with Crippen molar-refractivity contribution in [2.24, 2.45) is 5.92 Å². The largest absolute Gasteiger partial charge is 0.428 e. The van der Waals surface area contributed by atoms with Gasteiger partial charge in [0.15, 0.2) is 5.13 Å². The van der Waals surface area contributed by atoms with Crippen molar-refractivity contribution in [2.45, 2.75) is 81.9 Å². The van der Waals surface area contributed by atoms with Gasteiger partial charge in [0, 0.05) is 23.4 Å². The number of fused-ring (bicyclic) bond motifs is 1. The lowest BCUT2D eigenvalue weighted by molar-refractivity contribution is -0.171. The number of hydrogen-bond donors (Lipinski definition) is 2. The normalized spacial score (nSPS) is 16.9. The molecule has 2 amide bonds. The third kappa shape index (κ3) is 11.7. The Balaban J connectivity index is 0.00000417. The molecule has 0 aliphatic carbocycles. The van der Waals surface area contributed by atoms with E-state index in [1.54, 1.807) is 10.1 Å². The maximum absolute atomic E-state index is 13.6. The highest BCUT2D eigenvalue weighted by molar-refractivity contribution is 8.01. The van der Waals surface area contributed by atoms with Crippen LogP contribution in [0.4, 0.5) is 5.13 Å². The lowest BCUT2D eigenvalue weighted by Gasteiger charge is -2.49. The summed E-state index contributed by atoms with van der Waals surface area (Å²) in [5.41, 5.74) is 6.92. The summed E-state index contributed by atoms with van der Waals surface area (Å²) >= 11 is 4.01. The van der Waals surface area contributed by atoms with Gasteiger partial charge in [-0.15, -0.1) is 53.0 Å². The smallest absolute Gasteiger partial charge is 0.357 e. The minimum atomic E-state index is -0.825. The van der Waals surface area contributed by atoms with E-state index >= 15 is 0 Å². The quantitative estimate of drug-likeness (QED) is 0.0916. The number of nitrogen functional groups attached to an aromatic ring is 1. The monoisotopic (exact) mass is 781 g/mol. The van der Waals surface area contributed by atoms with E-state index in [0.29, 0.717) is 52.4 Å². The van der Waals surface area contributed by atoms with Crippen LogP contribution in [0.3, 0.4) is 0 Å². The van der Waals surface area contributed by atoms with Crippen LogP contribution >= 0.6 is 59.7 Å². The van der Waals surface area contributed by atoms with Gasteiger partial charge in [0.25, 0.3) is 5.91 Å². The first kappa shape index (κ1) is 42.5. The highest BCUT2D eigenvalue weighted by Gasteiger charge is 2.54. The standard InChI is InChI=1S/C29H43N9O6S3.2ClH/c1-5-7-9-18(10-8-6-2)26(41)43-17-44-27(42)23-19(15-47-29-33-34-35-37(29)12-11-36(3)4)14-45-25-22(24(40)38(23)25)32-21(39)13-20-16-46-28(30)31-20;;/h16,18,22,25H,5-15,17H2,1-4H3,(H2,30,31)(H,32,39);2*1H/t22-,25+;;/m1../s1.